The van der Waals surface area contributed by atoms with Gasteiger partial charge >= 0.3 is 5.97 Å². The Hall–Kier alpha value is -2.35. The fourth-order valence-electron chi connectivity index (χ4n) is 4.98. The number of carboxylic acid groups (broad SMARTS) is 1. The van der Waals surface area contributed by atoms with Crippen LogP contribution in [0.5, 0.6) is 0 Å². The van der Waals surface area contributed by atoms with Crippen molar-refractivity contribution in [2.75, 3.05) is 0 Å². The summed E-state index contributed by atoms with van der Waals surface area (Å²) >= 11 is 0. The number of hydrogen-bond acceptors (Lipinski definition) is 1. The van der Waals surface area contributed by atoms with Crippen LogP contribution in [0.4, 0.5) is 0 Å². The second-order valence-corrected chi connectivity index (χ2v) is 9.95. The zero-order valence-corrected chi connectivity index (χ0v) is 17.6. The maximum atomic E-state index is 11.3. The topological polar surface area (TPSA) is 37.3 Å². The molecular weight excluding hydrogens is 344 g/mol. The Morgan fingerprint density at radius 2 is 1.68 bits per heavy atom. The Morgan fingerprint density at radius 1 is 1.00 bits per heavy atom. The Bertz CT molecular complexity index is 991. The summed E-state index contributed by atoms with van der Waals surface area (Å²) in [7, 11) is 0. The molecule has 0 bridgehead atoms. The minimum Gasteiger partial charge on any atom is -0.478 e. The average Bonchev–Trinajstić information content (AvgIpc) is 2.94. The van der Waals surface area contributed by atoms with Gasteiger partial charge in [-0.25, -0.2) is 4.79 Å². The van der Waals surface area contributed by atoms with E-state index in [9.17, 15) is 9.90 Å². The molecule has 28 heavy (non-hydrogen) atoms. The number of hydrogen-bond donors (Lipinski definition) is 1. The predicted molar refractivity (Wildman–Crippen MR) is 116 cm³/mol. The normalized spacial score (nSPS) is 23.3. The summed E-state index contributed by atoms with van der Waals surface area (Å²) in [6.45, 7) is 11.7. The van der Waals surface area contributed by atoms with Gasteiger partial charge in [0.25, 0.3) is 0 Å². The highest BCUT2D eigenvalue weighted by atomic mass is 16.4. The zero-order chi connectivity index (χ0) is 20.3. The molecule has 2 aliphatic carbocycles. The largest absolute Gasteiger partial charge is 0.478 e. The fourth-order valence-corrected chi connectivity index (χ4v) is 4.98. The Kier molecular flexibility index (Phi) is 4.30. The van der Waals surface area contributed by atoms with Crippen LogP contribution >= 0.6 is 0 Å². The molecule has 4 rings (SSSR count). The third kappa shape index (κ3) is 3.09. The van der Waals surface area contributed by atoms with Crippen molar-refractivity contribution in [3.8, 4) is 0 Å². The van der Waals surface area contributed by atoms with E-state index in [2.05, 4.69) is 58.9 Å². The van der Waals surface area contributed by atoms with Gasteiger partial charge in [-0.05, 0) is 81.5 Å². The number of rotatable bonds is 2. The van der Waals surface area contributed by atoms with Crippen LogP contribution in [0.3, 0.4) is 0 Å². The molecule has 0 spiro atoms. The first kappa shape index (κ1) is 19.0. The molecule has 0 aromatic heterocycles. The molecule has 1 N–H and O–H groups in total. The van der Waals surface area contributed by atoms with Crippen molar-refractivity contribution >= 4 is 17.6 Å². The van der Waals surface area contributed by atoms with E-state index in [0.717, 1.165) is 12.0 Å². The molecule has 0 saturated heterocycles. The molecular formula is C26H30O2. The standard InChI is InChI=1S/C26H30O2/c1-16-12-19-15-18(24(27)28)7-8-20(19)21(16)13-17-6-9-22-23(14-17)26(4,5)11-10-25(22,2)3/h6-9,13-16H,10-12H2,1-5H3,(H,27,28). The average molecular weight is 375 g/mol. The molecule has 1 atom stereocenters. The Morgan fingerprint density at radius 3 is 2.36 bits per heavy atom. The van der Waals surface area contributed by atoms with Gasteiger partial charge in [0.2, 0.25) is 0 Å². The number of allylic oxidation sites excluding steroid dienone is 1. The van der Waals surface area contributed by atoms with Crippen LogP contribution < -0.4 is 0 Å². The second-order valence-electron chi connectivity index (χ2n) is 9.95. The molecule has 0 radical (unpaired) electrons. The number of benzene rings is 2. The Labute approximate surface area is 168 Å². The van der Waals surface area contributed by atoms with Gasteiger partial charge in [0, 0.05) is 0 Å². The van der Waals surface area contributed by atoms with Gasteiger partial charge in [-0.3, -0.25) is 0 Å². The summed E-state index contributed by atoms with van der Waals surface area (Å²) in [5.74, 6) is -0.452. The van der Waals surface area contributed by atoms with Crippen molar-refractivity contribution in [3.63, 3.8) is 0 Å². The maximum absolute atomic E-state index is 11.3. The summed E-state index contributed by atoms with van der Waals surface area (Å²) in [5.41, 5.74) is 8.70. The summed E-state index contributed by atoms with van der Waals surface area (Å²) in [6, 6.07) is 12.5. The first-order valence-electron chi connectivity index (χ1n) is 10.3. The zero-order valence-electron chi connectivity index (χ0n) is 17.6. The lowest BCUT2D eigenvalue weighted by atomic mass is 9.63. The van der Waals surface area contributed by atoms with Crippen LogP contribution in [0.1, 0.15) is 85.6 Å². The van der Waals surface area contributed by atoms with Gasteiger partial charge in [0.1, 0.15) is 0 Å². The molecule has 2 aromatic carbocycles. The molecule has 1 unspecified atom stereocenters. The molecule has 2 heteroatoms. The highest BCUT2D eigenvalue weighted by Crippen LogP contribution is 2.46. The van der Waals surface area contributed by atoms with E-state index in [1.54, 1.807) is 6.07 Å². The lowest BCUT2D eigenvalue weighted by Gasteiger charge is -2.42. The van der Waals surface area contributed by atoms with Crippen LogP contribution in [0.25, 0.3) is 11.6 Å². The maximum Gasteiger partial charge on any atom is 0.335 e. The summed E-state index contributed by atoms with van der Waals surface area (Å²) in [4.78, 5) is 11.3. The van der Waals surface area contributed by atoms with E-state index >= 15 is 0 Å². The van der Waals surface area contributed by atoms with Gasteiger partial charge in [-0.15, -0.1) is 0 Å². The van der Waals surface area contributed by atoms with E-state index in [-0.39, 0.29) is 10.8 Å². The smallest absolute Gasteiger partial charge is 0.335 e. The monoisotopic (exact) mass is 374 g/mol. The quantitative estimate of drug-likeness (QED) is 0.654. The third-order valence-electron chi connectivity index (χ3n) is 6.92. The summed E-state index contributed by atoms with van der Waals surface area (Å²) < 4.78 is 0. The first-order chi connectivity index (χ1) is 13.1. The summed E-state index contributed by atoms with van der Waals surface area (Å²) in [6.07, 6.45) is 5.66. The van der Waals surface area contributed by atoms with Gasteiger partial charge in [0.15, 0.2) is 0 Å². The molecule has 0 aliphatic heterocycles. The molecule has 2 aromatic rings. The van der Waals surface area contributed by atoms with Crippen molar-refractivity contribution in [1.29, 1.82) is 0 Å². The molecule has 2 aliphatic rings. The van der Waals surface area contributed by atoms with E-state index in [0.29, 0.717) is 11.5 Å². The van der Waals surface area contributed by atoms with E-state index in [1.807, 2.05) is 12.1 Å². The number of carbonyl (C=O) groups is 1. The highest BCUT2D eigenvalue weighted by molar-refractivity contribution is 5.91. The molecule has 0 fully saturated rings. The lowest BCUT2D eigenvalue weighted by Crippen LogP contribution is -2.33. The summed E-state index contributed by atoms with van der Waals surface area (Å²) in [5, 5.41) is 9.27. The molecule has 0 heterocycles. The van der Waals surface area contributed by atoms with Crippen molar-refractivity contribution in [2.24, 2.45) is 5.92 Å². The van der Waals surface area contributed by atoms with E-state index < -0.39 is 5.97 Å². The van der Waals surface area contributed by atoms with Crippen molar-refractivity contribution in [1.82, 2.24) is 0 Å². The molecule has 2 nitrogen and oxygen atoms in total. The van der Waals surface area contributed by atoms with Crippen molar-refractivity contribution in [2.45, 2.75) is 64.7 Å². The second kappa shape index (κ2) is 6.34. The van der Waals surface area contributed by atoms with Gasteiger partial charge in [-0.2, -0.15) is 0 Å². The SMILES string of the molecule is CC1Cc2cc(C(=O)O)ccc2C1=Cc1ccc2c(c1)C(C)(C)CCC2(C)C. The Balaban J connectivity index is 1.78. The van der Waals surface area contributed by atoms with Crippen LogP contribution in [-0.4, -0.2) is 11.1 Å². The van der Waals surface area contributed by atoms with Crippen LogP contribution in [-0.2, 0) is 17.3 Å². The van der Waals surface area contributed by atoms with Gasteiger partial charge in [0.05, 0.1) is 5.56 Å². The number of aromatic carboxylic acids is 1. The fraction of sp³-hybridized carbons (Fsp3) is 0.423. The van der Waals surface area contributed by atoms with Gasteiger partial charge in [-0.1, -0.05) is 65.0 Å². The van der Waals surface area contributed by atoms with Crippen LogP contribution in [0, 0.1) is 5.92 Å². The van der Waals surface area contributed by atoms with Gasteiger partial charge < -0.3 is 5.11 Å². The minimum atomic E-state index is -0.854. The highest BCUT2D eigenvalue weighted by Gasteiger charge is 2.37. The van der Waals surface area contributed by atoms with E-state index in [1.165, 1.54) is 40.7 Å². The molecule has 0 amide bonds. The first-order valence-corrected chi connectivity index (χ1v) is 10.3. The lowest BCUT2D eigenvalue weighted by molar-refractivity contribution is 0.0696. The number of carboxylic acids is 1. The molecule has 146 valence electrons. The minimum absolute atomic E-state index is 0.203. The third-order valence-corrected chi connectivity index (χ3v) is 6.92. The van der Waals surface area contributed by atoms with Crippen LogP contribution in [0.2, 0.25) is 0 Å². The van der Waals surface area contributed by atoms with Crippen molar-refractivity contribution in [3.05, 3.63) is 69.8 Å². The number of fused-ring (bicyclic) bond motifs is 2. The molecule has 0 saturated carbocycles. The van der Waals surface area contributed by atoms with Crippen molar-refractivity contribution < 1.29 is 9.90 Å². The van der Waals surface area contributed by atoms with E-state index in [4.69, 9.17) is 0 Å². The predicted octanol–water partition coefficient (Wildman–Crippen LogP) is 6.47. The van der Waals surface area contributed by atoms with Crippen LogP contribution in [0.15, 0.2) is 36.4 Å².